The lowest BCUT2D eigenvalue weighted by Gasteiger charge is -2.25. The number of guanidine groups is 1. The lowest BCUT2D eigenvalue weighted by atomic mass is 10.0. The highest BCUT2D eigenvalue weighted by atomic mass is 32.2. The Bertz CT molecular complexity index is 1550. The van der Waals surface area contributed by atoms with E-state index in [0.29, 0.717) is 4.41 Å². The maximum atomic E-state index is 14.1. The number of carbonyl (C=O) groups is 4. The van der Waals surface area contributed by atoms with Gasteiger partial charge in [-0.05, 0) is 78.3 Å². The Kier molecular flexibility index (Phi) is 14.0. The van der Waals surface area contributed by atoms with Crippen LogP contribution in [-0.4, -0.2) is 63.0 Å². The summed E-state index contributed by atoms with van der Waals surface area (Å²) in [5.74, 6) is -1.30. The van der Waals surface area contributed by atoms with Gasteiger partial charge in [-0.15, -0.1) is 5.10 Å². The number of nitrogens with zero attached hydrogens (tertiary/aromatic N) is 2. The first-order chi connectivity index (χ1) is 22.3. The average Bonchev–Trinajstić information content (AvgIpc) is 2.97. The SMILES string of the molecule is C=CCOC(=O)NC(CC(=O)OCC)c1cccc(N(N=C(NC(=O)OC(C)(C)C)NC(=O)OC(C)(C)C)S(=O)(=O)c2ccccc2)c1. The summed E-state index contributed by atoms with van der Waals surface area (Å²) >= 11 is 0. The molecule has 0 heterocycles. The van der Waals surface area contributed by atoms with Crippen molar-refractivity contribution >= 4 is 45.9 Å². The summed E-state index contributed by atoms with van der Waals surface area (Å²) in [6.07, 6.45) is -1.95. The zero-order valence-electron chi connectivity index (χ0n) is 28.1. The third-order valence-electron chi connectivity index (χ3n) is 5.49. The van der Waals surface area contributed by atoms with Crippen molar-refractivity contribution in [3.05, 3.63) is 72.8 Å². The quantitative estimate of drug-likeness (QED) is 0.0714. The monoisotopic (exact) mass is 689 g/mol. The fraction of sp³-hybridized carbons (Fsp3) is 0.406. The zero-order chi connectivity index (χ0) is 36.1. The molecule has 0 saturated carbocycles. The molecule has 0 aliphatic heterocycles. The second-order valence-electron chi connectivity index (χ2n) is 12.0. The van der Waals surface area contributed by atoms with Crippen molar-refractivity contribution in [3.63, 3.8) is 0 Å². The molecule has 3 amide bonds. The predicted octanol–water partition coefficient (Wildman–Crippen LogP) is 5.11. The first-order valence-electron chi connectivity index (χ1n) is 14.8. The van der Waals surface area contributed by atoms with Crippen molar-refractivity contribution in [2.24, 2.45) is 5.10 Å². The highest BCUT2D eigenvalue weighted by molar-refractivity contribution is 7.92. The van der Waals surface area contributed by atoms with Crippen LogP contribution in [0.3, 0.4) is 0 Å². The first-order valence-corrected chi connectivity index (χ1v) is 16.3. The van der Waals surface area contributed by atoms with Crippen LogP contribution in [0.1, 0.15) is 66.5 Å². The molecule has 0 aliphatic carbocycles. The standard InChI is InChI=1S/C32H43N5O10S/c1-9-19-45-28(39)33-25(21-26(38)44-10-2)22-15-14-16-23(20-22)37(48(42,43)24-17-12-11-13-18-24)36-27(34-29(40)46-31(3,4)5)35-30(41)47-32(6,7)8/h9,11-18,20,25H,1,10,19,21H2,2-8H3,(H,33,39)(H2,34,35,36,40,41). The van der Waals surface area contributed by atoms with E-state index >= 15 is 0 Å². The number of nitrogens with one attached hydrogen (secondary N) is 3. The van der Waals surface area contributed by atoms with E-state index < -0.39 is 57.5 Å². The molecule has 1 atom stereocenters. The highest BCUT2D eigenvalue weighted by Gasteiger charge is 2.29. The van der Waals surface area contributed by atoms with Gasteiger partial charge in [0.25, 0.3) is 10.0 Å². The Balaban J connectivity index is 2.76. The van der Waals surface area contributed by atoms with Crippen molar-refractivity contribution in [3.8, 4) is 0 Å². The highest BCUT2D eigenvalue weighted by Crippen LogP contribution is 2.28. The molecule has 0 aromatic heterocycles. The van der Waals surface area contributed by atoms with E-state index in [1.54, 1.807) is 54.5 Å². The minimum absolute atomic E-state index is 0.0857. The van der Waals surface area contributed by atoms with Crippen LogP contribution in [0.5, 0.6) is 0 Å². The summed E-state index contributed by atoms with van der Waals surface area (Å²) in [5, 5.41) is 11.3. The van der Waals surface area contributed by atoms with Crippen molar-refractivity contribution < 1.29 is 46.5 Å². The van der Waals surface area contributed by atoms with Crippen molar-refractivity contribution in [1.82, 2.24) is 16.0 Å². The summed E-state index contributed by atoms with van der Waals surface area (Å²) < 4.78 is 49.4. The molecular formula is C32H43N5O10S. The van der Waals surface area contributed by atoms with E-state index in [4.69, 9.17) is 18.9 Å². The Morgan fingerprint density at radius 2 is 1.46 bits per heavy atom. The minimum atomic E-state index is -4.55. The fourth-order valence-electron chi connectivity index (χ4n) is 3.73. The molecule has 0 spiro atoms. The van der Waals surface area contributed by atoms with Gasteiger partial charge < -0.3 is 24.3 Å². The summed E-state index contributed by atoms with van der Waals surface area (Å²) in [4.78, 5) is 50.3. The van der Waals surface area contributed by atoms with E-state index in [9.17, 15) is 27.6 Å². The molecular weight excluding hydrogens is 646 g/mol. The molecule has 2 rings (SSSR count). The lowest BCUT2D eigenvalue weighted by molar-refractivity contribution is -0.143. The van der Waals surface area contributed by atoms with Crippen molar-refractivity contribution in [2.45, 2.75) is 77.0 Å². The van der Waals surface area contributed by atoms with Crippen LogP contribution in [0, 0.1) is 0 Å². The maximum Gasteiger partial charge on any atom is 0.414 e. The summed E-state index contributed by atoms with van der Waals surface area (Å²) in [6.45, 7) is 14.7. The Hall–Kier alpha value is -5.12. The van der Waals surface area contributed by atoms with Gasteiger partial charge >= 0.3 is 24.2 Å². The molecule has 15 nitrogen and oxygen atoms in total. The predicted molar refractivity (Wildman–Crippen MR) is 177 cm³/mol. The van der Waals surface area contributed by atoms with Crippen LogP contribution in [0.2, 0.25) is 0 Å². The summed E-state index contributed by atoms with van der Waals surface area (Å²) in [7, 11) is -4.55. The minimum Gasteiger partial charge on any atom is -0.466 e. The molecule has 48 heavy (non-hydrogen) atoms. The molecule has 1 unspecified atom stereocenters. The number of amides is 3. The molecule has 0 radical (unpaired) electrons. The van der Waals surface area contributed by atoms with Gasteiger partial charge in [0.2, 0.25) is 5.96 Å². The summed E-state index contributed by atoms with van der Waals surface area (Å²) in [5.41, 5.74) is -1.76. The number of carbonyl (C=O) groups excluding carboxylic acids is 4. The fourth-order valence-corrected chi connectivity index (χ4v) is 5.01. The lowest BCUT2D eigenvalue weighted by Crippen LogP contribution is -2.48. The van der Waals surface area contributed by atoms with Gasteiger partial charge in [0.15, 0.2) is 0 Å². The number of rotatable bonds is 11. The number of anilines is 1. The molecule has 0 saturated heterocycles. The number of hydrazone groups is 1. The third-order valence-corrected chi connectivity index (χ3v) is 7.11. The van der Waals surface area contributed by atoms with Crippen LogP contribution in [0.4, 0.5) is 20.1 Å². The third kappa shape index (κ3) is 13.3. The normalized spacial score (nSPS) is 12.0. The van der Waals surface area contributed by atoms with Crippen LogP contribution in [0.15, 0.2) is 77.2 Å². The average molecular weight is 690 g/mol. The molecule has 16 heteroatoms. The number of benzene rings is 2. The van der Waals surface area contributed by atoms with Crippen LogP contribution in [0.25, 0.3) is 0 Å². The number of ether oxygens (including phenoxy) is 4. The van der Waals surface area contributed by atoms with Crippen LogP contribution < -0.4 is 20.4 Å². The molecule has 2 aromatic carbocycles. The van der Waals surface area contributed by atoms with Gasteiger partial charge in [-0.25, -0.2) is 14.4 Å². The summed E-state index contributed by atoms with van der Waals surface area (Å²) in [6, 6.07) is 12.0. The molecule has 2 aromatic rings. The van der Waals surface area contributed by atoms with Gasteiger partial charge in [0, 0.05) is 0 Å². The largest absolute Gasteiger partial charge is 0.466 e. The number of hydrogen-bond donors (Lipinski definition) is 3. The molecule has 3 N–H and O–H groups in total. The van der Waals surface area contributed by atoms with E-state index in [2.05, 4.69) is 27.6 Å². The van der Waals surface area contributed by atoms with E-state index in [-0.39, 0.29) is 35.8 Å². The Morgan fingerprint density at radius 1 is 0.875 bits per heavy atom. The smallest absolute Gasteiger partial charge is 0.414 e. The van der Waals surface area contributed by atoms with E-state index in [0.717, 1.165) is 0 Å². The van der Waals surface area contributed by atoms with Crippen LogP contribution >= 0.6 is 0 Å². The molecule has 0 fully saturated rings. The van der Waals surface area contributed by atoms with Crippen LogP contribution in [-0.2, 0) is 33.8 Å². The van der Waals surface area contributed by atoms with Gasteiger partial charge in [0.05, 0.1) is 29.7 Å². The van der Waals surface area contributed by atoms with Crippen molar-refractivity contribution in [1.29, 1.82) is 0 Å². The van der Waals surface area contributed by atoms with E-state index in [1.807, 2.05) is 0 Å². The number of sulfonamides is 1. The van der Waals surface area contributed by atoms with Gasteiger partial charge in [-0.1, -0.05) is 43.0 Å². The molecule has 262 valence electrons. The number of esters is 1. The van der Waals surface area contributed by atoms with Gasteiger partial charge in [-0.2, -0.15) is 12.8 Å². The molecule has 0 bridgehead atoms. The second kappa shape index (κ2) is 17.2. The van der Waals surface area contributed by atoms with Gasteiger partial charge in [0.1, 0.15) is 17.8 Å². The van der Waals surface area contributed by atoms with Gasteiger partial charge in [-0.3, -0.25) is 15.4 Å². The maximum absolute atomic E-state index is 14.1. The number of alkyl carbamates (subject to hydrolysis) is 3. The Labute approximate surface area is 280 Å². The van der Waals surface area contributed by atoms with E-state index in [1.165, 1.54) is 54.6 Å². The van der Waals surface area contributed by atoms with Crippen molar-refractivity contribution in [2.75, 3.05) is 17.6 Å². The molecule has 0 aliphatic rings. The number of hydrogen-bond acceptors (Lipinski definition) is 11. The topological polar surface area (TPSA) is 191 Å². The zero-order valence-corrected chi connectivity index (χ0v) is 28.9. The first kappa shape index (κ1) is 39.1. The second-order valence-corrected chi connectivity index (χ2v) is 13.7. The Morgan fingerprint density at radius 3 is 1.98 bits per heavy atom.